The molecule has 0 radical (unpaired) electrons. The van der Waals surface area contributed by atoms with Crippen LogP contribution in [0, 0.1) is 35.2 Å². The van der Waals surface area contributed by atoms with Gasteiger partial charge in [0.2, 0.25) is 5.78 Å². The predicted octanol–water partition coefficient (Wildman–Crippen LogP) is 2.99. The summed E-state index contributed by atoms with van der Waals surface area (Å²) in [5.74, 6) is 1.80. The molecule has 0 aromatic heterocycles. The van der Waals surface area contributed by atoms with Crippen LogP contribution >= 0.6 is 0 Å². The number of carbonyl (C=O) groups excluding carboxylic acids is 1. The Hall–Kier alpha value is -0.920. The molecule has 24 heavy (non-hydrogen) atoms. The zero-order valence-electron chi connectivity index (χ0n) is 14.6. The van der Waals surface area contributed by atoms with E-state index in [2.05, 4.69) is 18.7 Å². The number of hydrogen-bond acceptors (Lipinski definition) is 3. The number of nitrogens with zero attached hydrogens (tertiary/aromatic N) is 1. The van der Waals surface area contributed by atoms with Gasteiger partial charge in [0.1, 0.15) is 5.60 Å². The molecule has 0 bridgehead atoms. The van der Waals surface area contributed by atoms with E-state index in [4.69, 9.17) is 11.3 Å². The molecule has 130 valence electrons. The SMILES string of the molecule is [C-]#[N+]C1CC2(C)C3CCC4(C)C(CC[C@@H]4O)C3CC[C@]23O[C@@H]3C1=O. The zero-order valence-corrected chi connectivity index (χ0v) is 14.6. The summed E-state index contributed by atoms with van der Waals surface area (Å²) in [7, 11) is 0. The van der Waals surface area contributed by atoms with E-state index in [9.17, 15) is 9.90 Å². The normalized spacial score (nSPS) is 61.2. The van der Waals surface area contributed by atoms with Crippen molar-refractivity contribution in [3.63, 3.8) is 0 Å². The van der Waals surface area contributed by atoms with Crippen molar-refractivity contribution in [2.75, 3.05) is 0 Å². The van der Waals surface area contributed by atoms with Crippen LogP contribution in [-0.4, -0.2) is 34.7 Å². The van der Waals surface area contributed by atoms with Gasteiger partial charge in [0.25, 0.3) is 6.04 Å². The van der Waals surface area contributed by atoms with E-state index in [0.717, 1.165) is 38.5 Å². The van der Waals surface area contributed by atoms with Crippen LogP contribution in [0.4, 0.5) is 0 Å². The Kier molecular flexibility index (Phi) is 2.83. The van der Waals surface area contributed by atoms with Crippen molar-refractivity contribution in [2.24, 2.45) is 28.6 Å². The summed E-state index contributed by atoms with van der Waals surface area (Å²) >= 11 is 0. The van der Waals surface area contributed by atoms with Crippen molar-refractivity contribution >= 4 is 5.78 Å². The predicted molar refractivity (Wildman–Crippen MR) is 88.0 cm³/mol. The van der Waals surface area contributed by atoms with Crippen molar-refractivity contribution in [3.05, 3.63) is 11.4 Å². The first-order valence-electron chi connectivity index (χ1n) is 9.63. The quantitative estimate of drug-likeness (QED) is 0.549. The van der Waals surface area contributed by atoms with E-state index in [-0.39, 0.29) is 34.4 Å². The fourth-order valence-electron chi connectivity index (χ4n) is 7.63. The van der Waals surface area contributed by atoms with Crippen LogP contribution in [0.2, 0.25) is 0 Å². The van der Waals surface area contributed by atoms with Crippen LogP contribution in [0.25, 0.3) is 4.85 Å². The Labute approximate surface area is 143 Å². The molecular formula is C20H27NO3. The average Bonchev–Trinajstić information content (AvgIpc) is 3.23. The molecule has 0 aromatic rings. The molecule has 1 heterocycles. The molecule has 5 aliphatic rings. The third-order valence-electron chi connectivity index (χ3n) is 9.08. The highest BCUT2D eigenvalue weighted by Gasteiger charge is 2.79. The Balaban J connectivity index is 1.53. The van der Waals surface area contributed by atoms with Crippen LogP contribution in [0.5, 0.6) is 0 Å². The maximum absolute atomic E-state index is 12.5. The van der Waals surface area contributed by atoms with Gasteiger partial charge < -0.3 is 14.7 Å². The van der Waals surface area contributed by atoms with E-state index < -0.39 is 6.04 Å². The number of hydrogen-bond donors (Lipinski definition) is 1. The second-order valence-electron chi connectivity index (χ2n) is 9.61. The molecular weight excluding hydrogens is 302 g/mol. The smallest absolute Gasteiger partial charge is 0.284 e. The standard InChI is InChI=1S/C20H27NO3/c1-18-8-7-13-11(12(18)4-5-15(18)22)6-9-20-17(24-20)16(23)14(21-3)10-19(13,20)2/h11-15,17,22H,4-10H2,1-2H3/t11?,12?,13?,14?,15-,17+,18?,19?,20+/m0/s1. The molecule has 1 aliphatic heterocycles. The van der Waals surface area contributed by atoms with Gasteiger partial charge in [-0.25, -0.2) is 6.57 Å². The van der Waals surface area contributed by atoms with Crippen molar-refractivity contribution in [2.45, 2.75) is 82.6 Å². The molecule has 6 unspecified atom stereocenters. The second-order valence-corrected chi connectivity index (χ2v) is 9.61. The molecule has 0 aromatic carbocycles. The Morgan fingerprint density at radius 1 is 1.17 bits per heavy atom. The topological polar surface area (TPSA) is 54.2 Å². The number of aliphatic hydroxyl groups excluding tert-OH is 1. The third-order valence-corrected chi connectivity index (χ3v) is 9.08. The first-order chi connectivity index (χ1) is 11.4. The summed E-state index contributed by atoms with van der Waals surface area (Å²) in [6.45, 7) is 12.1. The first kappa shape index (κ1) is 15.3. The fraction of sp³-hybridized carbons (Fsp3) is 0.900. The first-order valence-corrected chi connectivity index (χ1v) is 9.63. The minimum atomic E-state index is -0.503. The number of epoxide rings is 1. The van der Waals surface area contributed by atoms with Gasteiger partial charge in [-0.3, -0.25) is 4.79 Å². The average molecular weight is 329 g/mol. The third kappa shape index (κ3) is 1.51. The van der Waals surface area contributed by atoms with Crippen molar-refractivity contribution in [3.8, 4) is 0 Å². The molecule has 4 heteroatoms. The largest absolute Gasteiger partial charge is 0.393 e. The molecule has 5 rings (SSSR count). The molecule has 0 amide bonds. The van der Waals surface area contributed by atoms with Crippen LogP contribution < -0.4 is 0 Å². The molecule has 4 saturated carbocycles. The van der Waals surface area contributed by atoms with Gasteiger partial charge in [-0.05, 0) is 61.7 Å². The fourth-order valence-corrected chi connectivity index (χ4v) is 7.63. The van der Waals surface area contributed by atoms with Crippen LogP contribution in [0.3, 0.4) is 0 Å². The highest BCUT2D eigenvalue weighted by Crippen LogP contribution is 2.72. The van der Waals surface area contributed by atoms with Gasteiger partial charge in [0.15, 0.2) is 6.10 Å². The van der Waals surface area contributed by atoms with Crippen molar-refractivity contribution in [1.29, 1.82) is 0 Å². The lowest BCUT2D eigenvalue weighted by Gasteiger charge is -2.58. The summed E-state index contributed by atoms with van der Waals surface area (Å²) in [5.41, 5.74) is -0.231. The number of aliphatic hydroxyl groups is 1. The maximum atomic E-state index is 12.5. The molecule has 4 nitrogen and oxygen atoms in total. The number of ether oxygens (including phenoxy) is 1. The second kappa shape index (κ2) is 4.43. The minimum absolute atomic E-state index is 0.0397. The van der Waals surface area contributed by atoms with Crippen LogP contribution in [0.1, 0.15) is 58.8 Å². The van der Waals surface area contributed by atoms with E-state index >= 15 is 0 Å². The Morgan fingerprint density at radius 2 is 1.96 bits per heavy atom. The van der Waals surface area contributed by atoms with Crippen LogP contribution in [-0.2, 0) is 9.53 Å². The summed E-state index contributed by atoms with van der Waals surface area (Å²) in [5, 5.41) is 10.5. The number of rotatable bonds is 0. The van der Waals surface area contributed by atoms with Gasteiger partial charge >= 0.3 is 0 Å². The summed E-state index contributed by atoms with van der Waals surface area (Å²) in [6, 6.07) is -0.503. The molecule has 1 N–H and O–H groups in total. The Bertz CT molecular complexity index is 656. The molecule has 9 atom stereocenters. The summed E-state index contributed by atoms with van der Waals surface area (Å²) in [4.78, 5) is 16.1. The lowest BCUT2D eigenvalue weighted by molar-refractivity contribution is -0.134. The van der Waals surface area contributed by atoms with E-state index in [1.54, 1.807) is 0 Å². The van der Waals surface area contributed by atoms with Crippen LogP contribution in [0.15, 0.2) is 0 Å². The molecule has 1 saturated heterocycles. The van der Waals surface area contributed by atoms with Crippen molar-refractivity contribution in [1.82, 2.24) is 0 Å². The highest BCUT2D eigenvalue weighted by atomic mass is 16.6. The minimum Gasteiger partial charge on any atom is -0.393 e. The highest BCUT2D eigenvalue weighted by molar-refractivity contribution is 5.94. The summed E-state index contributed by atoms with van der Waals surface area (Å²) < 4.78 is 6.08. The number of carbonyl (C=O) groups is 1. The van der Waals surface area contributed by atoms with Gasteiger partial charge in [-0.1, -0.05) is 13.8 Å². The van der Waals surface area contributed by atoms with Gasteiger partial charge in [-0.2, -0.15) is 0 Å². The monoisotopic (exact) mass is 329 g/mol. The lowest BCUT2D eigenvalue weighted by Crippen LogP contribution is -2.60. The number of fused-ring (bicyclic) bond motifs is 4. The lowest BCUT2D eigenvalue weighted by atomic mass is 9.44. The van der Waals surface area contributed by atoms with Crippen molar-refractivity contribution < 1.29 is 14.6 Å². The number of ketones is 1. The Morgan fingerprint density at radius 3 is 2.71 bits per heavy atom. The van der Waals surface area contributed by atoms with Gasteiger partial charge in [-0.15, -0.1) is 0 Å². The van der Waals surface area contributed by atoms with Gasteiger partial charge in [0, 0.05) is 11.8 Å². The maximum Gasteiger partial charge on any atom is 0.284 e. The molecule has 1 spiro atoms. The summed E-state index contributed by atoms with van der Waals surface area (Å²) in [6.07, 6.45) is 6.58. The van der Waals surface area contributed by atoms with E-state index in [0.29, 0.717) is 24.2 Å². The van der Waals surface area contributed by atoms with Gasteiger partial charge in [0.05, 0.1) is 6.10 Å². The van der Waals surface area contributed by atoms with E-state index in [1.807, 2.05) is 0 Å². The van der Waals surface area contributed by atoms with E-state index in [1.165, 1.54) is 0 Å². The zero-order chi connectivity index (χ0) is 16.9. The molecule has 4 aliphatic carbocycles. The number of Topliss-reactive ketones (excluding diaryl/α,β-unsaturated/α-hetero) is 1. The molecule has 5 fully saturated rings.